The first-order valence-corrected chi connectivity index (χ1v) is 12.3. The Labute approximate surface area is 194 Å². The molecule has 1 fully saturated rings. The highest BCUT2D eigenvalue weighted by atomic mass is 32.2. The first-order chi connectivity index (χ1) is 15.8. The Morgan fingerprint density at radius 3 is 2.70 bits per heavy atom. The molecule has 1 atom stereocenters. The number of hydrogen-bond donors (Lipinski definition) is 1. The van der Waals surface area contributed by atoms with Crippen molar-refractivity contribution in [1.82, 2.24) is 14.2 Å². The molecule has 3 aromatic rings. The van der Waals surface area contributed by atoms with Crippen molar-refractivity contribution in [3.63, 3.8) is 0 Å². The van der Waals surface area contributed by atoms with E-state index in [9.17, 15) is 13.2 Å². The van der Waals surface area contributed by atoms with Gasteiger partial charge in [-0.15, -0.1) is 0 Å². The van der Waals surface area contributed by atoms with Crippen LogP contribution in [0.1, 0.15) is 18.4 Å². The number of hydrogen-bond acceptors (Lipinski definition) is 5. The molecule has 176 valence electrons. The highest BCUT2D eigenvalue weighted by Gasteiger charge is 2.33. The second-order valence-electron chi connectivity index (χ2n) is 8.25. The Kier molecular flexibility index (Phi) is 6.62. The van der Waals surface area contributed by atoms with Crippen molar-refractivity contribution >= 4 is 26.8 Å². The summed E-state index contributed by atoms with van der Waals surface area (Å²) in [5.41, 5.74) is 1.76. The van der Waals surface area contributed by atoms with Crippen molar-refractivity contribution < 1.29 is 22.7 Å². The van der Waals surface area contributed by atoms with E-state index >= 15 is 0 Å². The minimum absolute atomic E-state index is 0.163. The van der Waals surface area contributed by atoms with E-state index in [2.05, 4.69) is 5.32 Å². The topological polar surface area (TPSA) is 89.9 Å². The summed E-state index contributed by atoms with van der Waals surface area (Å²) in [7, 11) is 1.39. The molecule has 9 heteroatoms. The summed E-state index contributed by atoms with van der Waals surface area (Å²) in [5, 5.41) is 3.81. The molecule has 2 aromatic carbocycles. The van der Waals surface area contributed by atoms with Gasteiger partial charge in [-0.1, -0.05) is 0 Å². The van der Waals surface area contributed by atoms with Crippen molar-refractivity contribution in [3.05, 3.63) is 54.2 Å². The molecule has 1 N–H and O–H groups in total. The molecule has 0 aliphatic carbocycles. The number of aryl methyl sites for hydroxylation is 1. The summed E-state index contributed by atoms with van der Waals surface area (Å²) >= 11 is 0. The van der Waals surface area contributed by atoms with Crippen LogP contribution in [0.25, 0.3) is 10.9 Å². The quantitative estimate of drug-likeness (QED) is 0.572. The van der Waals surface area contributed by atoms with Crippen molar-refractivity contribution in [2.75, 3.05) is 27.3 Å². The third-order valence-corrected chi connectivity index (χ3v) is 8.05. The molecule has 33 heavy (non-hydrogen) atoms. The number of amides is 1. The minimum Gasteiger partial charge on any atom is -0.497 e. The average molecular weight is 472 g/mol. The fraction of sp³-hybridized carbons (Fsp3) is 0.375. The Hall–Kier alpha value is -3.04. The maximum absolute atomic E-state index is 13.3. The number of carbonyl (C=O) groups excluding carboxylic acids is 1. The predicted octanol–water partition coefficient (Wildman–Crippen LogP) is 2.91. The lowest BCUT2D eigenvalue weighted by Gasteiger charge is -2.31. The zero-order chi connectivity index (χ0) is 23.6. The van der Waals surface area contributed by atoms with Crippen LogP contribution < -0.4 is 14.8 Å². The highest BCUT2D eigenvalue weighted by Crippen LogP contribution is 2.27. The Balaban J connectivity index is 1.45. The van der Waals surface area contributed by atoms with Gasteiger partial charge in [-0.25, -0.2) is 8.42 Å². The van der Waals surface area contributed by atoms with Gasteiger partial charge in [0.1, 0.15) is 11.5 Å². The molecule has 0 radical (unpaired) electrons. The first-order valence-electron chi connectivity index (χ1n) is 10.9. The van der Waals surface area contributed by atoms with Crippen molar-refractivity contribution in [1.29, 1.82) is 0 Å². The van der Waals surface area contributed by atoms with Crippen molar-refractivity contribution in [3.8, 4) is 11.5 Å². The minimum atomic E-state index is -3.69. The van der Waals surface area contributed by atoms with Crippen LogP contribution in [0.2, 0.25) is 0 Å². The number of sulfonamides is 1. The maximum atomic E-state index is 13.3. The van der Waals surface area contributed by atoms with Crippen LogP contribution in [0, 0.1) is 5.92 Å². The summed E-state index contributed by atoms with van der Waals surface area (Å²) < 4.78 is 40.6. The van der Waals surface area contributed by atoms with Crippen LogP contribution in [0.4, 0.5) is 0 Å². The van der Waals surface area contributed by atoms with E-state index in [0.717, 1.165) is 16.5 Å². The number of methoxy groups -OCH3 is 2. The first kappa shape index (κ1) is 23.1. The van der Waals surface area contributed by atoms with E-state index in [1.54, 1.807) is 38.5 Å². The van der Waals surface area contributed by atoms with Crippen molar-refractivity contribution in [2.45, 2.75) is 24.3 Å². The normalized spacial score (nSPS) is 17.1. The molecule has 2 heterocycles. The number of rotatable bonds is 7. The van der Waals surface area contributed by atoms with Crippen LogP contribution in [0.3, 0.4) is 0 Å². The monoisotopic (exact) mass is 471 g/mol. The fourth-order valence-electron chi connectivity index (χ4n) is 4.29. The third kappa shape index (κ3) is 4.69. The molecule has 0 spiro atoms. The maximum Gasteiger partial charge on any atom is 0.243 e. The summed E-state index contributed by atoms with van der Waals surface area (Å²) in [6.07, 6.45) is 3.18. The van der Waals surface area contributed by atoms with E-state index in [1.807, 2.05) is 36.0 Å². The SMILES string of the molecule is COc1ccc(OC)c(CNC(=O)[C@@H]2CCCN(S(=O)(=O)c3ccc4c(ccn4C)c3)C2)c1. The highest BCUT2D eigenvalue weighted by molar-refractivity contribution is 7.89. The molecular formula is C24H29N3O5S. The van der Waals surface area contributed by atoms with Gasteiger partial charge in [0, 0.05) is 49.3 Å². The molecule has 1 aliphatic heterocycles. The number of piperidine rings is 1. The van der Waals surface area contributed by atoms with Gasteiger partial charge in [-0.05, 0) is 55.3 Å². The van der Waals surface area contributed by atoms with Gasteiger partial charge in [-0.2, -0.15) is 4.31 Å². The van der Waals surface area contributed by atoms with Gasteiger partial charge in [0.2, 0.25) is 15.9 Å². The largest absolute Gasteiger partial charge is 0.497 e. The second-order valence-corrected chi connectivity index (χ2v) is 10.2. The molecule has 8 nitrogen and oxygen atoms in total. The molecule has 1 saturated heterocycles. The lowest BCUT2D eigenvalue weighted by molar-refractivity contribution is -0.126. The Morgan fingerprint density at radius 2 is 1.94 bits per heavy atom. The van der Waals surface area contributed by atoms with Gasteiger partial charge < -0.3 is 19.4 Å². The van der Waals surface area contributed by atoms with E-state index < -0.39 is 15.9 Å². The number of carbonyl (C=O) groups is 1. The Bertz CT molecular complexity index is 1270. The number of ether oxygens (including phenoxy) is 2. The fourth-order valence-corrected chi connectivity index (χ4v) is 5.85. The van der Waals surface area contributed by atoms with E-state index in [1.165, 1.54) is 4.31 Å². The van der Waals surface area contributed by atoms with Crippen LogP contribution in [0.15, 0.2) is 53.6 Å². The average Bonchev–Trinajstić information content (AvgIpc) is 3.22. The number of nitrogens with one attached hydrogen (secondary N) is 1. The molecule has 0 bridgehead atoms. The summed E-state index contributed by atoms with van der Waals surface area (Å²) in [4.78, 5) is 13.2. The lowest BCUT2D eigenvalue weighted by Crippen LogP contribution is -2.45. The van der Waals surface area contributed by atoms with E-state index in [-0.39, 0.29) is 23.9 Å². The predicted molar refractivity (Wildman–Crippen MR) is 126 cm³/mol. The molecule has 0 unspecified atom stereocenters. The van der Waals surface area contributed by atoms with Gasteiger partial charge in [-0.3, -0.25) is 4.79 Å². The molecule has 1 aliphatic rings. The van der Waals surface area contributed by atoms with Crippen LogP contribution in [-0.2, 0) is 28.4 Å². The van der Waals surface area contributed by atoms with Gasteiger partial charge in [0.05, 0.1) is 25.0 Å². The molecule has 0 saturated carbocycles. The van der Waals surface area contributed by atoms with Crippen LogP contribution in [-0.4, -0.2) is 50.5 Å². The lowest BCUT2D eigenvalue weighted by atomic mass is 9.98. The molecule has 1 amide bonds. The number of fused-ring (bicyclic) bond motifs is 1. The molecule has 1 aromatic heterocycles. The second kappa shape index (κ2) is 9.44. The summed E-state index contributed by atoms with van der Waals surface area (Å²) in [6, 6.07) is 12.4. The summed E-state index contributed by atoms with van der Waals surface area (Å²) in [6.45, 7) is 0.839. The molecule has 4 rings (SSSR count). The smallest absolute Gasteiger partial charge is 0.243 e. The molecular weight excluding hydrogens is 442 g/mol. The van der Waals surface area contributed by atoms with Gasteiger partial charge >= 0.3 is 0 Å². The van der Waals surface area contributed by atoms with Gasteiger partial charge in [0.15, 0.2) is 0 Å². The van der Waals surface area contributed by atoms with E-state index in [4.69, 9.17) is 9.47 Å². The Morgan fingerprint density at radius 1 is 1.12 bits per heavy atom. The number of benzene rings is 2. The van der Waals surface area contributed by atoms with Crippen LogP contribution in [0.5, 0.6) is 11.5 Å². The van der Waals surface area contributed by atoms with Crippen LogP contribution >= 0.6 is 0 Å². The zero-order valence-electron chi connectivity index (χ0n) is 19.1. The van der Waals surface area contributed by atoms with E-state index in [0.29, 0.717) is 30.9 Å². The summed E-state index contributed by atoms with van der Waals surface area (Å²) in [5.74, 6) is 0.745. The standard InChI is InChI=1S/C24H29N3O5S/c1-26-12-10-17-14-21(7-8-22(17)26)33(29,30)27-11-4-5-18(16-27)24(28)25-15-19-13-20(31-2)6-9-23(19)32-3/h6-10,12-14,18H,4-5,11,15-16H2,1-3H3,(H,25,28)/t18-/m1/s1. The number of aromatic nitrogens is 1. The van der Waals surface area contributed by atoms with Crippen molar-refractivity contribution in [2.24, 2.45) is 13.0 Å². The van der Waals surface area contributed by atoms with Gasteiger partial charge in [0.25, 0.3) is 0 Å². The zero-order valence-corrected chi connectivity index (χ0v) is 19.9. The third-order valence-electron chi connectivity index (χ3n) is 6.19. The number of nitrogens with zero attached hydrogens (tertiary/aromatic N) is 2.